The van der Waals surface area contributed by atoms with Gasteiger partial charge in [-0.25, -0.2) is 14.2 Å². The zero-order chi connectivity index (χ0) is 16.3. The van der Waals surface area contributed by atoms with Crippen molar-refractivity contribution >= 4 is 17.6 Å². The number of esters is 1. The van der Waals surface area contributed by atoms with Crippen molar-refractivity contribution in [1.82, 2.24) is 4.98 Å². The molecule has 116 valence electrons. The zero-order valence-electron chi connectivity index (χ0n) is 12.4. The highest BCUT2D eigenvalue weighted by molar-refractivity contribution is 6.31. The van der Waals surface area contributed by atoms with Gasteiger partial charge in [0.1, 0.15) is 17.1 Å². The van der Waals surface area contributed by atoms with E-state index in [0.717, 1.165) is 0 Å². The Kier molecular flexibility index (Phi) is 4.98. The molecule has 1 aromatic carbocycles. The summed E-state index contributed by atoms with van der Waals surface area (Å²) in [4.78, 5) is 16.2. The van der Waals surface area contributed by atoms with Crippen LogP contribution in [0.2, 0.25) is 5.02 Å². The Labute approximate surface area is 132 Å². The fraction of sp³-hybridized carbons (Fsp3) is 0.250. The summed E-state index contributed by atoms with van der Waals surface area (Å²) >= 11 is 6.01. The maximum Gasteiger partial charge on any atom is 0.343 e. The molecule has 2 rings (SSSR count). The van der Waals surface area contributed by atoms with E-state index in [9.17, 15) is 9.18 Å². The molecule has 0 saturated heterocycles. The minimum absolute atomic E-state index is 0.0788. The maximum absolute atomic E-state index is 13.1. The topological polar surface area (TPSA) is 48.4 Å². The number of rotatable bonds is 4. The fourth-order valence-electron chi connectivity index (χ4n) is 1.82. The third-order valence-corrected chi connectivity index (χ3v) is 3.34. The fourth-order valence-corrected chi connectivity index (χ4v) is 1.97. The molecule has 0 aliphatic rings. The van der Waals surface area contributed by atoms with E-state index >= 15 is 0 Å². The van der Waals surface area contributed by atoms with Crippen molar-refractivity contribution in [3.63, 3.8) is 0 Å². The van der Waals surface area contributed by atoms with Crippen molar-refractivity contribution in [1.29, 1.82) is 0 Å². The van der Waals surface area contributed by atoms with Crippen molar-refractivity contribution in [2.24, 2.45) is 0 Å². The average Bonchev–Trinajstić information content (AvgIpc) is 2.45. The summed E-state index contributed by atoms with van der Waals surface area (Å²) in [6.07, 6.45) is 0. The van der Waals surface area contributed by atoms with Gasteiger partial charge in [-0.15, -0.1) is 0 Å². The standard InChI is InChI=1S/C16H15ClFNO3/c1-4-21-16(20)12-8-13(17)10(3)19-15(12)22-14-6-5-11(18)7-9(14)2/h5-8H,4H2,1-3H3. The molecule has 0 N–H and O–H groups in total. The Morgan fingerprint density at radius 1 is 1.32 bits per heavy atom. The van der Waals surface area contributed by atoms with Crippen molar-refractivity contribution < 1.29 is 18.7 Å². The first-order valence-corrected chi connectivity index (χ1v) is 7.08. The predicted molar refractivity (Wildman–Crippen MR) is 81.2 cm³/mol. The smallest absolute Gasteiger partial charge is 0.343 e. The molecule has 2 aromatic rings. The summed E-state index contributed by atoms with van der Waals surface area (Å²) in [6, 6.07) is 5.54. The normalized spacial score (nSPS) is 10.4. The van der Waals surface area contributed by atoms with Gasteiger partial charge in [-0.2, -0.15) is 0 Å². The van der Waals surface area contributed by atoms with Gasteiger partial charge in [0, 0.05) is 0 Å². The summed E-state index contributed by atoms with van der Waals surface area (Å²) in [5, 5.41) is 0.339. The number of hydrogen-bond acceptors (Lipinski definition) is 4. The van der Waals surface area contributed by atoms with E-state index in [1.54, 1.807) is 20.8 Å². The number of carbonyl (C=O) groups excluding carboxylic acids is 1. The second kappa shape index (κ2) is 6.75. The largest absolute Gasteiger partial charge is 0.462 e. The minimum atomic E-state index is -0.577. The highest BCUT2D eigenvalue weighted by atomic mass is 35.5. The second-order valence-corrected chi connectivity index (χ2v) is 5.05. The lowest BCUT2D eigenvalue weighted by Gasteiger charge is -2.13. The molecular formula is C16H15ClFNO3. The molecule has 0 saturated carbocycles. The summed E-state index contributed by atoms with van der Waals surface area (Å²) in [5.41, 5.74) is 1.23. The molecule has 0 fully saturated rings. The Morgan fingerprint density at radius 2 is 2.05 bits per heavy atom. The van der Waals surface area contributed by atoms with Crippen molar-refractivity contribution in [3.05, 3.63) is 51.9 Å². The molecule has 0 atom stereocenters. The average molecular weight is 324 g/mol. The first kappa shape index (κ1) is 16.2. The van der Waals surface area contributed by atoms with Gasteiger partial charge in [-0.1, -0.05) is 11.6 Å². The molecule has 0 amide bonds. The van der Waals surface area contributed by atoms with Crippen LogP contribution in [0, 0.1) is 19.7 Å². The Balaban J connectivity index is 2.44. The lowest BCUT2D eigenvalue weighted by molar-refractivity contribution is 0.0522. The molecule has 6 heteroatoms. The van der Waals surface area contributed by atoms with Crippen LogP contribution in [0.25, 0.3) is 0 Å². The Morgan fingerprint density at radius 3 is 2.68 bits per heavy atom. The number of nitrogens with zero attached hydrogens (tertiary/aromatic N) is 1. The molecule has 4 nitrogen and oxygen atoms in total. The molecular weight excluding hydrogens is 309 g/mol. The van der Waals surface area contributed by atoms with Crippen LogP contribution in [0.3, 0.4) is 0 Å². The molecule has 1 aromatic heterocycles. The SMILES string of the molecule is CCOC(=O)c1cc(Cl)c(C)nc1Oc1ccc(F)cc1C. The monoisotopic (exact) mass is 323 g/mol. The highest BCUT2D eigenvalue weighted by Gasteiger charge is 2.19. The van der Waals surface area contributed by atoms with Crippen LogP contribution in [0.4, 0.5) is 4.39 Å². The van der Waals surface area contributed by atoms with Gasteiger partial charge < -0.3 is 9.47 Å². The predicted octanol–water partition coefficient (Wildman–Crippen LogP) is 4.46. The summed E-state index contributed by atoms with van der Waals surface area (Å²) < 4.78 is 23.8. The van der Waals surface area contributed by atoms with Gasteiger partial charge in [0.15, 0.2) is 0 Å². The molecule has 1 heterocycles. The molecule has 22 heavy (non-hydrogen) atoms. The number of aromatic nitrogens is 1. The Bertz CT molecular complexity index is 719. The minimum Gasteiger partial charge on any atom is -0.462 e. The zero-order valence-corrected chi connectivity index (χ0v) is 13.2. The lowest BCUT2D eigenvalue weighted by Crippen LogP contribution is -2.09. The molecule has 0 bridgehead atoms. The summed E-state index contributed by atoms with van der Waals surface area (Å²) in [6.45, 7) is 5.32. The van der Waals surface area contributed by atoms with Gasteiger partial charge >= 0.3 is 5.97 Å². The number of benzene rings is 1. The summed E-state index contributed by atoms with van der Waals surface area (Å²) in [5.74, 6) is -0.460. The van der Waals surface area contributed by atoms with Crippen LogP contribution in [0.5, 0.6) is 11.6 Å². The molecule has 0 aliphatic carbocycles. The third-order valence-electron chi connectivity index (χ3n) is 2.96. The molecule has 0 unspecified atom stereocenters. The van der Waals surface area contributed by atoms with E-state index in [0.29, 0.717) is 22.0 Å². The molecule has 0 aliphatic heterocycles. The quantitative estimate of drug-likeness (QED) is 0.779. The van der Waals surface area contributed by atoms with E-state index in [1.807, 2.05) is 0 Å². The van der Waals surface area contributed by atoms with Crippen LogP contribution in [-0.4, -0.2) is 17.6 Å². The van der Waals surface area contributed by atoms with Gasteiger partial charge in [0.2, 0.25) is 5.88 Å². The van der Waals surface area contributed by atoms with Crippen LogP contribution < -0.4 is 4.74 Å². The van der Waals surface area contributed by atoms with Crippen molar-refractivity contribution in [2.75, 3.05) is 6.61 Å². The number of pyridine rings is 1. The Hall–Kier alpha value is -2.14. The van der Waals surface area contributed by atoms with E-state index in [1.165, 1.54) is 24.3 Å². The van der Waals surface area contributed by atoms with Crippen LogP contribution in [0.15, 0.2) is 24.3 Å². The van der Waals surface area contributed by atoms with Crippen LogP contribution >= 0.6 is 11.6 Å². The number of halogens is 2. The molecule has 0 spiro atoms. The first-order chi connectivity index (χ1) is 10.4. The second-order valence-electron chi connectivity index (χ2n) is 4.64. The van der Waals surface area contributed by atoms with Gasteiger partial charge in [-0.3, -0.25) is 0 Å². The van der Waals surface area contributed by atoms with E-state index in [2.05, 4.69) is 4.98 Å². The number of ether oxygens (including phenoxy) is 2. The highest BCUT2D eigenvalue weighted by Crippen LogP contribution is 2.30. The summed E-state index contributed by atoms with van der Waals surface area (Å²) in [7, 11) is 0. The van der Waals surface area contributed by atoms with Crippen LogP contribution in [-0.2, 0) is 4.74 Å². The molecule has 0 radical (unpaired) electrons. The van der Waals surface area contributed by atoms with Crippen molar-refractivity contribution in [2.45, 2.75) is 20.8 Å². The van der Waals surface area contributed by atoms with Crippen molar-refractivity contribution in [3.8, 4) is 11.6 Å². The van der Waals surface area contributed by atoms with Gasteiger partial charge in [-0.05, 0) is 50.6 Å². The van der Waals surface area contributed by atoms with E-state index in [-0.39, 0.29) is 23.9 Å². The number of carbonyl (C=O) groups is 1. The number of aryl methyl sites for hydroxylation is 2. The van der Waals surface area contributed by atoms with Crippen LogP contribution in [0.1, 0.15) is 28.5 Å². The lowest BCUT2D eigenvalue weighted by atomic mass is 10.2. The maximum atomic E-state index is 13.1. The van der Waals surface area contributed by atoms with E-state index < -0.39 is 5.97 Å². The van der Waals surface area contributed by atoms with Gasteiger partial charge in [0.05, 0.1) is 17.3 Å². The van der Waals surface area contributed by atoms with Gasteiger partial charge in [0.25, 0.3) is 0 Å². The number of hydrogen-bond donors (Lipinski definition) is 0. The first-order valence-electron chi connectivity index (χ1n) is 6.70. The van der Waals surface area contributed by atoms with E-state index in [4.69, 9.17) is 21.1 Å². The third kappa shape index (κ3) is 3.54.